The molecule has 3 rings (SSSR count). The van der Waals surface area contributed by atoms with Gasteiger partial charge in [-0.15, -0.1) is 0 Å². The Bertz CT molecular complexity index is 1070. The van der Waals surface area contributed by atoms with Crippen LogP contribution in [-0.2, 0) is 16.4 Å². The van der Waals surface area contributed by atoms with Gasteiger partial charge >= 0.3 is 6.61 Å². The van der Waals surface area contributed by atoms with Gasteiger partial charge in [-0.25, -0.2) is 12.8 Å². The van der Waals surface area contributed by atoms with E-state index in [4.69, 9.17) is 4.74 Å². The normalized spacial score (nSPS) is 14.5. The van der Waals surface area contributed by atoms with Crippen molar-refractivity contribution in [2.75, 3.05) is 26.7 Å². The van der Waals surface area contributed by atoms with Crippen LogP contribution in [0, 0.1) is 5.82 Å². The summed E-state index contributed by atoms with van der Waals surface area (Å²) >= 11 is 0. The molecule has 1 aliphatic rings. The molecule has 32 heavy (non-hydrogen) atoms. The molecule has 11 heteroatoms. The van der Waals surface area contributed by atoms with E-state index >= 15 is 0 Å². The lowest BCUT2D eigenvalue weighted by Crippen LogP contribution is -2.30. The van der Waals surface area contributed by atoms with Crippen molar-refractivity contribution in [3.05, 3.63) is 53.3 Å². The van der Waals surface area contributed by atoms with Gasteiger partial charge in [-0.2, -0.15) is 13.1 Å². The number of halogens is 3. The standard InChI is InChI=1S/C21H23F3N2O5S/c1-30-17-7-4-14(12-18(17)31-21(23)24)8-9-25-20(27)15-5-6-16(22)19(13-15)32(28,29)26-10-2-3-11-26/h4-7,12-13,21H,2-3,8-11H2,1H3,(H,25,27). The number of amides is 1. The molecule has 2 aromatic carbocycles. The predicted molar refractivity (Wildman–Crippen MR) is 110 cm³/mol. The Kier molecular flexibility index (Phi) is 7.62. The molecule has 1 fully saturated rings. The lowest BCUT2D eigenvalue weighted by atomic mass is 10.1. The average molecular weight is 472 g/mol. The number of methoxy groups -OCH3 is 1. The van der Waals surface area contributed by atoms with Gasteiger partial charge in [0.2, 0.25) is 10.0 Å². The van der Waals surface area contributed by atoms with Crippen molar-refractivity contribution in [1.82, 2.24) is 9.62 Å². The summed E-state index contributed by atoms with van der Waals surface area (Å²) < 4.78 is 75.3. The van der Waals surface area contributed by atoms with Gasteiger partial charge in [-0.1, -0.05) is 6.07 Å². The first-order chi connectivity index (χ1) is 15.2. The fourth-order valence-corrected chi connectivity index (χ4v) is 5.00. The van der Waals surface area contributed by atoms with Crippen molar-refractivity contribution in [2.24, 2.45) is 0 Å². The van der Waals surface area contributed by atoms with Gasteiger partial charge in [0, 0.05) is 25.2 Å². The fourth-order valence-electron chi connectivity index (χ4n) is 3.40. The van der Waals surface area contributed by atoms with Gasteiger partial charge in [0.05, 0.1) is 7.11 Å². The Morgan fingerprint density at radius 1 is 1.12 bits per heavy atom. The molecule has 1 aliphatic heterocycles. The van der Waals surface area contributed by atoms with Crippen LogP contribution in [0.25, 0.3) is 0 Å². The molecule has 0 bridgehead atoms. The van der Waals surface area contributed by atoms with E-state index in [2.05, 4.69) is 10.1 Å². The molecule has 174 valence electrons. The number of rotatable bonds is 9. The highest BCUT2D eigenvalue weighted by atomic mass is 32.2. The monoisotopic (exact) mass is 472 g/mol. The second-order valence-electron chi connectivity index (χ2n) is 7.13. The van der Waals surface area contributed by atoms with E-state index in [9.17, 15) is 26.4 Å². The van der Waals surface area contributed by atoms with Crippen LogP contribution < -0.4 is 14.8 Å². The highest BCUT2D eigenvalue weighted by molar-refractivity contribution is 7.89. The summed E-state index contributed by atoms with van der Waals surface area (Å²) in [6.07, 6.45) is 1.70. The molecule has 2 aromatic rings. The Hall–Kier alpha value is -2.79. The van der Waals surface area contributed by atoms with E-state index in [0.717, 1.165) is 12.1 Å². The molecule has 0 aliphatic carbocycles. The predicted octanol–water partition coefficient (Wildman–Crippen LogP) is 3.19. The van der Waals surface area contributed by atoms with E-state index < -0.39 is 33.3 Å². The molecule has 0 spiro atoms. The van der Waals surface area contributed by atoms with Crippen LogP contribution in [0.15, 0.2) is 41.3 Å². The van der Waals surface area contributed by atoms with Gasteiger partial charge in [-0.3, -0.25) is 4.79 Å². The van der Waals surface area contributed by atoms with Gasteiger partial charge in [0.25, 0.3) is 5.91 Å². The van der Waals surface area contributed by atoms with Crippen molar-refractivity contribution < 1.29 is 35.9 Å². The van der Waals surface area contributed by atoms with Gasteiger partial charge in [-0.05, 0) is 55.2 Å². The fraction of sp³-hybridized carbons (Fsp3) is 0.381. The Morgan fingerprint density at radius 2 is 1.84 bits per heavy atom. The van der Waals surface area contributed by atoms with Crippen LogP contribution >= 0.6 is 0 Å². The number of nitrogens with one attached hydrogen (secondary N) is 1. The van der Waals surface area contributed by atoms with Gasteiger partial charge in [0.15, 0.2) is 11.5 Å². The van der Waals surface area contributed by atoms with Crippen molar-refractivity contribution in [3.63, 3.8) is 0 Å². The third kappa shape index (κ3) is 5.52. The quantitative estimate of drug-likeness (QED) is 0.606. The van der Waals surface area contributed by atoms with Crippen molar-refractivity contribution >= 4 is 15.9 Å². The summed E-state index contributed by atoms with van der Waals surface area (Å²) in [5.41, 5.74) is 0.610. The summed E-state index contributed by atoms with van der Waals surface area (Å²) in [5.74, 6) is -1.48. The minimum Gasteiger partial charge on any atom is -0.493 e. The Balaban J connectivity index is 1.67. The molecule has 1 heterocycles. The average Bonchev–Trinajstić information content (AvgIpc) is 3.29. The topological polar surface area (TPSA) is 84.9 Å². The third-order valence-corrected chi connectivity index (χ3v) is 6.93. The molecular formula is C21H23F3N2O5S. The Labute approximate surface area is 184 Å². The zero-order valence-electron chi connectivity index (χ0n) is 17.3. The largest absolute Gasteiger partial charge is 0.493 e. The number of sulfonamides is 1. The zero-order chi connectivity index (χ0) is 23.3. The first-order valence-corrected chi connectivity index (χ1v) is 11.4. The number of alkyl halides is 2. The second kappa shape index (κ2) is 10.2. The molecule has 0 unspecified atom stereocenters. The summed E-state index contributed by atoms with van der Waals surface area (Å²) in [5, 5.41) is 2.61. The molecular weight excluding hydrogens is 449 g/mol. The molecule has 1 N–H and O–H groups in total. The summed E-state index contributed by atoms with van der Waals surface area (Å²) in [7, 11) is -2.69. The lowest BCUT2D eigenvalue weighted by Gasteiger charge is -2.16. The number of hydrogen-bond donors (Lipinski definition) is 1. The SMILES string of the molecule is COc1ccc(CCNC(=O)c2ccc(F)c(S(=O)(=O)N3CCCC3)c2)cc1OC(F)F. The summed E-state index contributed by atoms with van der Waals surface area (Å²) in [6, 6.07) is 7.69. The highest BCUT2D eigenvalue weighted by Gasteiger charge is 2.30. The summed E-state index contributed by atoms with van der Waals surface area (Å²) in [4.78, 5) is 11.9. The Morgan fingerprint density at radius 3 is 2.50 bits per heavy atom. The van der Waals surface area contributed by atoms with Crippen molar-refractivity contribution in [2.45, 2.75) is 30.8 Å². The first kappa shape index (κ1) is 23.9. The zero-order valence-corrected chi connectivity index (χ0v) is 18.1. The maximum atomic E-state index is 14.2. The first-order valence-electron chi connectivity index (χ1n) is 9.92. The number of carbonyl (C=O) groups excluding carboxylic acids is 1. The molecule has 0 aromatic heterocycles. The van der Waals surface area contributed by atoms with Crippen LogP contribution in [-0.4, -0.2) is 52.0 Å². The van der Waals surface area contributed by atoms with E-state index in [0.29, 0.717) is 31.5 Å². The highest BCUT2D eigenvalue weighted by Crippen LogP contribution is 2.29. The van der Waals surface area contributed by atoms with E-state index in [-0.39, 0.29) is 30.0 Å². The van der Waals surface area contributed by atoms with Gasteiger partial charge < -0.3 is 14.8 Å². The van der Waals surface area contributed by atoms with Crippen molar-refractivity contribution in [1.29, 1.82) is 0 Å². The maximum Gasteiger partial charge on any atom is 0.387 e. The maximum absolute atomic E-state index is 14.2. The third-order valence-electron chi connectivity index (χ3n) is 5.02. The van der Waals surface area contributed by atoms with Gasteiger partial charge in [0.1, 0.15) is 10.7 Å². The minimum absolute atomic E-state index is 0.000579. The number of ether oxygens (including phenoxy) is 2. The smallest absolute Gasteiger partial charge is 0.387 e. The molecule has 1 saturated heterocycles. The van der Waals surface area contributed by atoms with Crippen molar-refractivity contribution in [3.8, 4) is 11.5 Å². The van der Waals surface area contributed by atoms with Crippen LogP contribution in [0.2, 0.25) is 0 Å². The molecule has 1 amide bonds. The lowest BCUT2D eigenvalue weighted by molar-refractivity contribution is -0.0512. The summed E-state index contributed by atoms with van der Waals surface area (Å²) in [6.45, 7) is -2.25. The minimum atomic E-state index is -4.02. The molecule has 7 nitrogen and oxygen atoms in total. The van der Waals surface area contributed by atoms with Crippen LogP contribution in [0.4, 0.5) is 13.2 Å². The van der Waals surface area contributed by atoms with E-state index in [1.54, 1.807) is 6.07 Å². The van der Waals surface area contributed by atoms with E-state index in [1.807, 2.05) is 0 Å². The van der Waals surface area contributed by atoms with Crippen LogP contribution in [0.3, 0.4) is 0 Å². The van der Waals surface area contributed by atoms with E-state index in [1.165, 1.54) is 29.6 Å². The second-order valence-corrected chi connectivity index (χ2v) is 9.03. The van der Waals surface area contributed by atoms with Crippen LogP contribution in [0.1, 0.15) is 28.8 Å². The molecule has 0 atom stereocenters. The number of benzene rings is 2. The number of carbonyl (C=O) groups is 1. The molecule has 0 saturated carbocycles. The van der Waals surface area contributed by atoms with Crippen LogP contribution in [0.5, 0.6) is 11.5 Å². The number of hydrogen-bond acceptors (Lipinski definition) is 5. The number of nitrogens with zero attached hydrogens (tertiary/aromatic N) is 1. The molecule has 0 radical (unpaired) electrons.